The Labute approximate surface area is 204 Å². The Morgan fingerprint density at radius 1 is 1.00 bits per heavy atom. The van der Waals surface area contributed by atoms with E-state index in [4.69, 9.17) is 4.74 Å². The summed E-state index contributed by atoms with van der Waals surface area (Å²) in [5.41, 5.74) is 6.12. The molecule has 2 aromatic heterocycles. The van der Waals surface area contributed by atoms with Crippen molar-refractivity contribution in [3.05, 3.63) is 83.2 Å². The van der Waals surface area contributed by atoms with E-state index in [1.165, 1.54) is 11.1 Å². The van der Waals surface area contributed by atoms with Crippen LogP contribution in [-0.4, -0.2) is 32.6 Å². The Kier molecular flexibility index (Phi) is 7.43. The lowest BCUT2D eigenvalue weighted by Crippen LogP contribution is -2.07. The van der Waals surface area contributed by atoms with Gasteiger partial charge in [-0.3, -0.25) is 14.3 Å². The summed E-state index contributed by atoms with van der Waals surface area (Å²) in [6.07, 6.45) is 5.36. The van der Waals surface area contributed by atoms with Gasteiger partial charge in [0.2, 0.25) is 0 Å². The minimum absolute atomic E-state index is 0.0281. The first-order valence-corrected chi connectivity index (χ1v) is 12.3. The highest BCUT2D eigenvalue weighted by Gasteiger charge is 2.21. The monoisotopic (exact) mass is 472 g/mol. The number of nitrogens with zero attached hydrogens (tertiary/aromatic N) is 4. The average Bonchev–Trinajstić information content (AvgIpc) is 3.30. The summed E-state index contributed by atoms with van der Waals surface area (Å²) in [5, 5.41) is 9.95. The summed E-state index contributed by atoms with van der Waals surface area (Å²) in [5.74, 6) is 2.13. The lowest BCUT2D eigenvalue weighted by atomic mass is 10.0. The van der Waals surface area contributed by atoms with Crippen LogP contribution in [-0.2, 0) is 18.6 Å². The van der Waals surface area contributed by atoms with Crippen molar-refractivity contribution in [3.8, 4) is 22.8 Å². The fourth-order valence-corrected chi connectivity index (χ4v) is 4.92. The molecule has 2 aromatic carbocycles. The number of ether oxygens (including phenoxy) is 1. The number of para-hydroxylation sites is 1. The second-order valence-corrected chi connectivity index (χ2v) is 8.83. The third-order valence-electron chi connectivity index (χ3n) is 5.79. The minimum atomic E-state index is 0.0281. The number of carbonyl (C=O) groups is 1. The molecule has 34 heavy (non-hydrogen) atoms. The van der Waals surface area contributed by atoms with Gasteiger partial charge in [-0.15, -0.1) is 10.2 Å². The van der Waals surface area contributed by atoms with Gasteiger partial charge in [-0.25, -0.2) is 0 Å². The molecule has 4 rings (SSSR count). The van der Waals surface area contributed by atoms with E-state index in [0.717, 1.165) is 46.4 Å². The van der Waals surface area contributed by atoms with Crippen molar-refractivity contribution in [2.75, 3.05) is 7.11 Å². The molecule has 0 atom stereocenters. The molecular weight excluding hydrogens is 444 g/mol. The zero-order valence-corrected chi connectivity index (χ0v) is 20.7. The van der Waals surface area contributed by atoms with Crippen LogP contribution in [0.15, 0.2) is 66.1 Å². The number of aromatic nitrogens is 4. The van der Waals surface area contributed by atoms with Gasteiger partial charge in [0.15, 0.2) is 16.8 Å². The first kappa shape index (κ1) is 23.7. The van der Waals surface area contributed by atoms with Crippen LogP contribution in [0.2, 0.25) is 0 Å². The molecular formula is C27H28N4O2S. The number of ketones is 1. The predicted molar refractivity (Wildman–Crippen MR) is 136 cm³/mol. The normalized spacial score (nSPS) is 10.9. The Bertz CT molecular complexity index is 1280. The van der Waals surface area contributed by atoms with Gasteiger partial charge in [0.05, 0.1) is 12.8 Å². The summed E-state index contributed by atoms with van der Waals surface area (Å²) in [6, 6.07) is 15.9. The van der Waals surface area contributed by atoms with Crippen molar-refractivity contribution in [1.82, 2.24) is 19.7 Å². The number of Topliss-reactive ketones (excluding diaryl/α,β-unsaturated/α-hetero) is 1. The van der Waals surface area contributed by atoms with Gasteiger partial charge in [0.25, 0.3) is 0 Å². The summed E-state index contributed by atoms with van der Waals surface area (Å²) < 4.78 is 7.71. The molecule has 0 unspecified atom stereocenters. The lowest BCUT2D eigenvalue weighted by Gasteiger charge is -2.18. The largest absolute Gasteiger partial charge is 0.496 e. The van der Waals surface area contributed by atoms with Crippen LogP contribution < -0.4 is 4.74 Å². The van der Waals surface area contributed by atoms with Crippen LogP contribution in [0.1, 0.15) is 47.8 Å². The fraction of sp³-hybridized carbons (Fsp3) is 0.259. The number of benzene rings is 2. The van der Waals surface area contributed by atoms with Gasteiger partial charge >= 0.3 is 0 Å². The highest BCUT2D eigenvalue weighted by molar-refractivity contribution is 7.98. The Morgan fingerprint density at radius 3 is 2.38 bits per heavy atom. The molecule has 0 aliphatic carbocycles. The number of hydrogen-bond acceptors (Lipinski definition) is 6. The maximum absolute atomic E-state index is 11.9. The van der Waals surface area contributed by atoms with Crippen molar-refractivity contribution >= 4 is 17.5 Å². The summed E-state index contributed by atoms with van der Waals surface area (Å²) in [4.78, 5) is 16.2. The van der Waals surface area contributed by atoms with Crippen LogP contribution in [0.3, 0.4) is 0 Å². The van der Waals surface area contributed by atoms with Crippen molar-refractivity contribution < 1.29 is 9.53 Å². The molecule has 0 bridgehead atoms. The topological polar surface area (TPSA) is 69.9 Å². The quantitative estimate of drug-likeness (QED) is 0.221. The zero-order chi connectivity index (χ0) is 24.1. The lowest BCUT2D eigenvalue weighted by molar-refractivity contribution is 0.101. The van der Waals surface area contributed by atoms with Crippen molar-refractivity contribution in [1.29, 1.82) is 0 Å². The zero-order valence-electron chi connectivity index (χ0n) is 19.9. The Hall–Kier alpha value is -3.45. The van der Waals surface area contributed by atoms with Crippen LogP contribution in [0.4, 0.5) is 0 Å². The molecule has 0 saturated carbocycles. The molecule has 0 saturated heterocycles. The van der Waals surface area contributed by atoms with Gasteiger partial charge in [0, 0.05) is 34.8 Å². The fourth-order valence-electron chi connectivity index (χ4n) is 4.00. The van der Waals surface area contributed by atoms with E-state index in [9.17, 15) is 4.79 Å². The van der Waals surface area contributed by atoms with Crippen molar-refractivity contribution in [2.24, 2.45) is 0 Å². The summed E-state index contributed by atoms with van der Waals surface area (Å²) >= 11 is 1.58. The van der Waals surface area contributed by atoms with Crippen LogP contribution in [0, 0.1) is 0 Å². The van der Waals surface area contributed by atoms with Crippen LogP contribution in [0.5, 0.6) is 5.75 Å². The van der Waals surface area contributed by atoms with Gasteiger partial charge in [-0.2, -0.15) is 0 Å². The molecule has 6 nitrogen and oxygen atoms in total. The maximum atomic E-state index is 11.9. The van der Waals surface area contributed by atoms with Gasteiger partial charge < -0.3 is 4.74 Å². The highest BCUT2D eigenvalue weighted by Crippen LogP contribution is 2.34. The van der Waals surface area contributed by atoms with Crippen LogP contribution >= 0.6 is 11.8 Å². The standard InChI is InChI=1S/C27H28N4O2S/c1-5-19-9-7-10-20(6-2)25(19)31-26(22-11-8-14-28-16-22)29-30-27(31)34-17-23-15-21(18(3)32)12-13-24(23)33-4/h7-16H,5-6,17H2,1-4H3. The molecule has 0 spiro atoms. The number of pyridine rings is 1. The number of aryl methyl sites for hydroxylation is 2. The molecule has 7 heteroatoms. The van der Waals surface area contributed by atoms with Gasteiger partial charge in [0.1, 0.15) is 5.75 Å². The first-order valence-electron chi connectivity index (χ1n) is 11.3. The van der Waals surface area contributed by atoms with E-state index in [-0.39, 0.29) is 5.78 Å². The molecule has 4 aromatic rings. The molecule has 0 radical (unpaired) electrons. The molecule has 0 aliphatic rings. The highest BCUT2D eigenvalue weighted by atomic mass is 32.2. The number of rotatable bonds is 9. The van der Waals surface area contributed by atoms with Gasteiger partial charge in [-0.1, -0.05) is 43.8 Å². The smallest absolute Gasteiger partial charge is 0.196 e. The van der Waals surface area contributed by atoms with E-state index in [0.29, 0.717) is 11.3 Å². The molecule has 0 aliphatic heterocycles. The van der Waals surface area contributed by atoms with E-state index in [1.807, 2.05) is 30.5 Å². The Balaban J connectivity index is 1.83. The van der Waals surface area contributed by atoms with E-state index >= 15 is 0 Å². The second-order valence-electron chi connectivity index (χ2n) is 7.89. The molecule has 0 N–H and O–H groups in total. The average molecular weight is 473 g/mol. The van der Waals surface area contributed by atoms with Crippen molar-refractivity contribution in [3.63, 3.8) is 0 Å². The number of hydrogen-bond donors (Lipinski definition) is 0. The molecule has 2 heterocycles. The first-order chi connectivity index (χ1) is 16.6. The van der Waals surface area contributed by atoms with Crippen molar-refractivity contribution in [2.45, 2.75) is 44.5 Å². The van der Waals surface area contributed by atoms with E-state index in [2.05, 4.69) is 51.8 Å². The molecule has 0 amide bonds. The van der Waals surface area contributed by atoms with E-state index in [1.54, 1.807) is 38.1 Å². The predicted octanol–water partition coefficient (Wildman–Crippen LogP) is 5.96. The SMILES string of the molecule is CCc1cccc(CC)c1-n1c(SCc2cc(C(C)=O)ccc2OC)nnc1-c1cccnc1. The van der Waals surface area contributed by atoms with E-state index < -0.39 is 0 Å². The third kappa shape index (κ3) is 4.75. The minimum Gasteiger partial charge on any atom is -0.496 e. The number of methoxy groups -OCH3 is 1. The van der Waals surface area contributed by atoms with Gasteiger partial charge in [-0.05, 0) is 61.2 Å². The second kappa shape index (κ2) is 10.7. The third-order valence-corrected chi connectivity index (χ3v) is 6.76. The molecule has 0 fully saturated rings. The number of thioether (sulfide) groups is 1. The summed E-state index contributed by atoms with van der Waals surface area (Å²) in [7, 11) is 1.64. The number of carbonyl (C=O) groups excluding carboxylic acids is 1. The molecule has 174 valence electrons. The Morgan fingerprint density at radius 2 is 1.76 bits per heavy atom. The van der Waals surface area contributed by atoms with Crippen LogP contribution in [0.25, 0.3) is 17.1 Å². The summed E-state index contributed by atoms with van der Waals surface area (Å²) in [6.45, 7) is 5.90. The maximum Gasteiger partial charge on any atom is 0.196 e.